The van der Waals surface area contributed by atoms with Crippen LogP contribution in [0.3, 0.4) is 0 Å². The number of hydrogen-bond acceptors (Lipinski definition) is 3. The molecule has 0 fully saturated rings. The summed E-state index contributed by atoms with van der Waals surface area (Å²) in [5, 5.41) is 3.75. The van der Waals surface area contributed by atoms with E-state index in [9.17, 15) is 0 Å². The van der Waals surface area contributed by atoms with Crippen LogP contribution in [0.25, 0.3) is 11.5 Å². The summed E-state index contributed by atoms with van der Waals surface area (Å²) in [7, 11) is 0. The van der Waals surface area contributed by atoms with Gasteiger partial charge in [0.15, 0.2) is 0 Å². The van der Waals surface area contributed by atoms with Crippen molar-refractivity contribution in [3.05, 3.63) is 32.1 Å². The second-order valence-corrected chi connectivity index (χ2v) is 4.71. The molecule has 0 amide bonds. The first-order valence-electron chi connectivity index (χ1n) is 3.92. The average Bonchev–Trinajstić information content (AvgIpc) is 2.56. The van der Waals surface area contributed by atoms with Crippen LogP contribution in [0.4, 0.5) is 0 Å². The van der Waals surface area contributed by atoms with Gasteiger partial charge >= 0.3 is 0 Å². The molecular formula is C9H6BrIN2O. The maximum Gasteiger partial charge on any atom is 0.258 e. The topological polar surface area (TPSA) is 38.9 Å². The molecule has 0 radical (unpaired) electrons. The third-order valence-electron chi connectivity index (χ3n) is 1.83. The van der Waals surface area contributed by atoms with E-state index < -0.39 is 0 Å². The quantitative estimate of drug-likeness (QED) is 0.728. The van der Waals surface area contributed by atoms with Gasteiger partial charge in [0.2, 0.25) is 3.83 Å². The van der Waals surface area contributed by atoms with Crippen LogP contribution in [0.2, 0.25) is 0 Å². The Morgan fingerprint density at radius 2 is 2.21 bits per heavy atom. The zero-order valence-electron chi connectivity index (χ0n) is 7.29. The minimum Gasteiger partial charge on any atom is -0.333 e. The van der Waals surface area contributed by atoms with Crippen LogP contribution in [-0.4, -0.2) is 10.1 Å². The van der Waals surface area contributed by atoms with Gasteiger partial charge in [0.05, 0.1) is 0 Å². The van der Waals surface area contributed by atoms with E-state index in [0.29, 0.717) is 9.72 Å². The van der Waals surface area contributed by atoms with Crippen molar-refractivity contribution in [3.63, 3.8) is 0 Å². The van der Waals surface area contributed by atoms with E-state index in [4.69, 9.17) is 4.52 Å². The summed E-state index contributed by atoms with van der Waals surface area (Å²) in [6, 6.07) is 5.97. The van der Waals surface area contributed by atoms with Crippen LogP contribution in [0.5, 0.6) is 0 Å². The number of aromatic nitrogens is 2. The molecule has 0 N–H and O–H groups in total. The van der Waals surface area contributed by atoms with Crippen LogP contribution in [0.1, 0.15) is 5.56 Å². The molecule has 14 heavy (non-hydrogen) atoms. The van der Waals surface area contributed by atoms with Crippen LogP contribution in [0.15, 0.2) is 27.2 Å². The van der Waals surface area contributed by atoms with Crippen LogP contribution < -0.4 is 0 Å². The summed E-state index contributed by atoms with van der Waals surface area (Å²) < 4.78 is 6.72. The summed E-state index contributed by atoms with van der Waals surface area (Å²) in [6.07, 6.45) is 0. The summed E-state index contributed by atoms with van der Waals surface area (Å²) >= 11 is 5.43. The molecule has 0 aliphatic carbocycles. The molecule has 0 saturated heterocycles. The lowest BCUT2D eigenvalue weighted by molar-refractivity contribution is 0.425. The molecule has 2 rings (SSSR count). The first-order valence-corrected chi connectivity index (χ1v) is 5.80. The molecule has 0 atom stereocenters. The predicted molar refractivity (Wildman–Crippen MR) is 64.9 cm³/mol. The molecule has 1 aromatic carbocycles. The normalized spacial score (nSPS) is 10.5. The van der Waals surface area contributed by atoms with Crippen molar-refractivity contribution >= 4 is 38.5 Å². The molecule has 2 aromatic rings. The lowest BCUT2D eigenvalue weighted by Gasteiger charge is -2.00. The van der Waals surface area contributed by atoms with Crippen LogP contribution in [0, 0.1) is 10.8 Å². The number of hydrogen-bond donors (Lipinski definition) is 0. The van der Waals surface area contributed by atoms with Crippen molar-refractivity contribution in [1.82, 2.24) is 10.1 Å². The molecule has 5 heteroatoms. The maximum atomic E-state index is 5.10. The number of aryl methyl sites for hydroxylation is 1. The van der Waals surface area contributed by atoms with Gasteiger partial charge in [-0.15, -0.1) is 0 Å². The van der Waals surface area contributed by atoms with Gasteiger partial charge < -0.3 is 4.52 Å². The van der Waals surface area contributed by atoms with Gasteiger partial charge in [-0.1, -0.05) is 27.2 Å². The Morgan fingerprint density at radius 1 is 1.43 bits per heavy atom. The Bertz CT molecular complexity index is 470. The number of benzene rings is 1. The highest BCUT2D eigenvalue weighted by Crippen LogP contribution is 2.25. The third-order valence-corrected chi connectivity index (χ3v) is 2.76. The second kappa shape index (κ2) is 3.98. The van der Waals surface area contributed by atoms with E-state index in [1.165, 1.54) is 0 Å². The predicted octanol–water partition coefficient (Wildman–Crippen LogP) is 3.41. The summed E-state index contributed by atoms with van der Waals surface area (Å²) in [4.78, 5) is 4.17. The number of rotatable bonds is 1. The summed E-state index contributed by atoms with van der Waals surface area (Å²) in [5.41, 5.74) is 2.09. The molecule has 3 nitrogen and oxygen atoms in total. The van der Waals surface area contributed by atoms with E-state index in [1.54, 1.807) is 0 Å². The molecule has 1 heterocycles. The van der Waals surface area contributed by atoms with Crippen molar-refractivity contribution in [2.75, 3.05) is 0 Å². The van der Waals surface area contributed by atoms with Gasteiger partial charge in [0.1, 0.15) is 0 Å². The Balaban J connectivity index is 2.55. The van der Waals surface area contributed by atoms with Crippen LogP contribution >= 0.6 is 38.5 Å². The molecule has 0 aliphatic heterocycles. The van der Waals surface area contributed by atoms with E-state index in [2.05, 4.69) is 26.1 Å². The van der Waals surface area contributed by atoms with E-state index >= 15 is 0 Å². The van der Waals surface area contributed by atoms with Crippen molar-refractivity contribution in [2.24, 2.45) is 0 Å². The highest BCUT2D eigenvalue weighted by Gasteiger charge is 2.09. The fraction of sp³-hybridized carbons (Fsp3) is 0.111. The molecule has 72 valence electrons. The van der Waals surface area contributed by atoms with E-state index in [0.717, 1.165) is 15.6 Å². The Labute approximate surface area is 103 Å². The lowest BCUT2D eigenvalue weighted by Crippen LogP contribution is -1.83. The molecule has 0 bridgehead atoms. The van der Waals surface area contributed by atoms with Gasteiger partial charge in [-0.05, 0) is 24.6 Å². The second-order valence-electron chi connectivity index (χ2n) is 2.83. The van der Waals surface area contributed by atoms with E-state index in [-0.39, 0.29) is 0 Å². The first kappa shape index (κ1) is 10.1. The highest BCUT2D eigenvalue weighted by atomic mass is 127. The maximum absolute atomic E-state index is 5.10. The zero-order chi connectivity index (χ0) is 10.1. The highest BCUT2D eigenvalue weighted by molar-refractivity contribution is 14.1. The van der Waals surface area contributed by atoms with Crippen molar-refractivity contribution in [2.45, 2.75) is 6.92 Å². The monoisotopic (exact) mass is 364 g/mol. The SMILES string of the molecule is Cc1ccc(Br)cc1-c1nc(I)no1. The fourth-order valence-electron chi connectivity index (χ4n) is 1.14. The summed E-state index contributed by atoms with van der Waals surface area (Å²) in [6.45, 7) is 2.01. The van der Waals surface area contributed by atoms with Crippen molar-refractivity contribution in [1.29, 1.82) is 0 Å². The van der Waals surface area contributed by atoms with Gasteiger partial charge in [0, 0.05) is 32.6 Å². The fourth-order valence-corrected chi connectivity index (χ4v) is 1.82. The number of halogens is 2. The smallest absolute Gasteiger partial charge is 0.258 e. The minimum atomic E-state index is 0.563. The lowest BCUT2D eigenvalue weighted by atomic mass is 10.1. The Morgan fingerprint density at radius 3 is 2.86 bits per heavy atom. The Kier molecular flexibility index (Phi) is 2.87. The average molecular weight is 365 g/mol. The molecule has 0 saturated carbocycles. The van der Waals surface area contributed by atoms with Gasteiger partial charge in [-0.25, -0.2) is 0 Å². The standard InChI is InChI=1S/C9H6BrIN2O/c1-5-2-3-6(10)4-7(5)8-12-9(11)13-14-8/h2-4H,1H3. The summed E-state index contributed by atoms with van der Waals surface area (Å²) in [5.74, 6) is 0.563. The number of nitrogens with zero attached hydrogens (tertiary/aromatic N) is 2. The molecule has 0 spiro atoms. The van der Waals surface area contributed by atoms with Gasteiger partial charge in [-0.3, -0.25) is 0 Å². The largest absolute Gasteiger partial charge is 0.333 e. The first-order chi connectivity index (χ1) is 6.66. The van der Waals surface area contributed by atoms with Gasteiger partial charge in [-0.2, -0.15) is 4.98 Å². The molecular weight excluding hydrogens is 359 g/mol. The third kappa shape index (κ3) is 1.98. The van der Waals surface area contributed by atoms with Crippen molar-refractivity contribution < 1.29 is 4.52 Å². The van der Waals surface area contributed by atoms with E-state index in [1.807, 2.05) is 47.7 Å². The van der Waals surface area contributed by atoms with Crippen molar-refractivity contribution in [3.8, 4) is 11.5 Å². The van der Waals surface area contributed by atoms with Crippen LogP contribution in [-0.2, 0) is 0 Å². The molecule has 0 aliphatic rings. The molecule has 0 unspecified atom stereocenters. The minimum absolute atomic E-state index is 0.563. The Hall–Kier alpha value is -0.430. The molecule has 1 aromatic heterocycles. The van der Waals surface area contributed by atoms with Gasteiger partial charge in [0.25, 0.3) is 5.89 Å². The zero-order valence-corrected chi connectivity index (χ0v) is 11.0.